The Hall–Kier alpha value is -5.62. The van der Waals surface area contributed by atoms with Crippen molar-refractivity contribution in [3.63, 3.8) is 0 Å². The van der Waals surface area contributed by atoms with Crippen LogP contribution < -0.4 is 19.4 Å². The summed E-state index contributed by atoms with van der Waals surface area (Å²) in [7, 11) is 0. The van der Waals surface area contributed by atoms with Gasteiger partial charge in [0.1, 0.15) is 22.8 Å². The van der Waals surface area contributed by atoms with Crippen LogP contribution in [-0.4, -0.2) is 31.8 Å². The van der Waals surface area contributed by atoms with Crippen LogP contribution in [0, 0.1) is 20.8 Å². The molecule has 4 aromatic carbocycles. The predicted octanol–water partition coefficient (Wildman–Crippen LogP) is 11.0. The number of rotatable bonds is 10. The normalized spacial score (nSPS) is 21.1. The lowest BCUT2D eigenvalue weighted by Gasteiger charge is -2.42. The fourth-order valence-corrected chi connectivity index (χ4v) is 7.87. The predicted molar refractivity (Wildman–Crippen MR) is 223 cm³/mol. The third kappa shape index (κ3) is 7.56. The van der Waals surface area contributed by atoms with E-state index in [0.29, 0.717) is 26.4 Å². The molecule has 0 saturated carbocycles. The maximum atomic E-state index is 6.69. The summed E-state index contributed by atoms with van der Waals surface area (Å²) in [6.45, 7) is 23.9. The zero-order valence-corrected chi connectivity index (χ0v) is 32.6. The number of benzene rings is 4. The van der Waals surface area contributed by atoms with Gasteiger partial charge < -0.3 is 28.9 Å². The highest BCUT2D eigenvalue weighted by atomic mass is 16.5. The van der Waals surface area contributed by atoms with Crippen LogP contribution in [0.5, 0.6) is 5.75 Å². The molecule has 0 aliphatic carbocycles. The number of allylic oxidation sites excluding steroid dienone is 4. The molecular weight excluding hydrogens is 667 g/mol. The maximum Gasteiger partial charge on any atom is 0.194 e. The van der Waals surface area contributed by atoms with E-state index < -0.39 is 5.54 Å². The molecule has 1 saturated heterocycles. The van der Waals surface area contributed by atoms with E-state index in [1.54, 1.807) is 0 Å². The summed E-state index contributed by atoms with van der Waals surface area (Å²) in [5, 5.41) is 0. The maximum absolute atomic E-state index is 6.69. The Bertz CT molecular complexity index is 2150. The molecule has 3 aliphatic heterocycles. The molecule has 54 heavy (non-hydrogen) atoms. The topological polar surface area (TPSA) is 37.4 Å². The van der Waals surface area contributed by atoms with Gasteiger partial charge in [0.05, 0.1) is 0 Å². The van der Waals surface area contributed by atoms with Gasteiger partial charge in [-0.1, -0.05) is 74.7 Å². The van der Waals surface area contributed by atoms with Gasteiger partial charge in [0.2, 0.25) is 0 Å². The van der Waals surface area contributed by atoms with E-state index in [9.17, 15) is 0 Å². The van der Waals surface area contributed by atoms with E-state index in [0.717, 1.165) is 46.3 Å². The molecular formula is C48H53N3O3. The van der Waals surface area contributed by atoms with Crippen LogP contribution in [0.2, 0.25) is 0 Å². The van der Waals surface area contributed by atoms with Crippen LogP contribution in [0.25, 0.3) is 0 Å². The highest BCUT2D eigenvalue weighted by molar-refractivity contribution is 5.58. The van der Waals surface area contributed by atoms with Gasteiger partial charge in [0, 0.05) is 42.1 Å². The Morgan fingerprint density at radius 3 is 2.20 bits per heavy atom. The van der Waals surface area contributed by atoms with Gasteiger partial charge in [-0.05, 0) is 135 Å². The lowest BCUT2D eigenvalue weighted by molar-refractivity contribution is 0.134. The zero-order valence-electron chi connectivity index (χ0n) is 32.6. The monoisotopic (exact) mass is 719 g/mol. The number of hydrogen-bond donors (Lipinski definition) is 0. The standard InChI is InChI=1S/C48H53N3O3/c1-9-44-40(30-50(47(54-44)33(2)3)42-19-11-15-35(5)25-42)28-48(8)46(53-32-51(48)43-20-12-16-36(6)26-43)21-13-17-37(7)38-22-23-45-39(27-38)29-49(31-52-45)41-18-10-14-34(4)24-41/h9-27,37,47H,1-2,28-32H2,3-8H3/b17-13+,46-21+. The second-order valence-corrected chi connectivity index (χ2v) is 15.3. The van der Waals surface area contributed by atoms with Crippen molar-refractivity contribution in [1.82, 2.24) is 0 Å². The zero-order chi connectivity index (χ0) is 38.0. The second-order valence-electron chi connectivity index (χ2n) is 15.3. The fourth-order valence-electron chi connectivity index (χ4n) is 7.87. The molecule has 6 nitrogen and oxygen atoms in total. The molecule has 3 aliphatic rings. The van der Waals surface area contributed by atoms with Gasteiger partial charge in [-0.2, -0.15) is 0 Å². The number of hydrogen-bond acceptors (Lipinski definition) is 6. The number of ether oxygens (including phenoxy) is 3. The van der Waals surface area contributed by atoms with Gasteiger partial charge in [-0.3, -0.25) is 0 Å². The molecule has 0 aromatic heterocycles. The molecule has 0 spiro atoms. The lowest BCUT2D eigenvalue weighted by atomic mass is 9.87. The lowest BCUT2D eigenvalue weighted by Crippen LogP contribution is -2.47. The number of fused-ring (bicyclic) bond motifs is 1. The van der Waals surface area contributed by atoms with E-state index >= 15 is 0 Å². The van der Waals surface area contributed by atoms with Crippen molar-refractivity contribution in [3.8, 4) is 5.75 Å². The van der Waals surface area contributed by atoms with Crippen molar-refractivity contribution in [2.75, 3.05) is 34.7 Å². The van der Waals surface area contributed by atoms with Crippen LogP contribution in [0.15, 0.2) is 151 Å². The van der Waals surface area contributed by atoms with Gasteiger partial charge in [0.25, 0.3) is 0 Å². The molecule has 0 N–H and O–H groups in total. The first-order valence-corrected chi connectivity index (χ1v) is 19.0. The third-order valence-corrected chi connectivity index (χ3v) is 10.9. The Morgan fingerprint density at radius 2 is 1.52 bits per heavy atom. The van der Waals surface area contributed by atoms with Gasteiger partial charge in [0.15, 0.2) is 19.7 Å². The van der Waals surface area contributed by atoms with E-state index in [1.165, 1.54) is 33.5 Å². The van der Waals surface area contributed by atoms with Gasteiger partial charge >= 0.3 is 0 Å². The Labute approximate surface area is 322 Å². The molecule has 1 fully saturated rings. The van der Waals surface area contributed by atoms with Crippen molar-refractivity contribution < 1.29 is 14.2 Å². The molecule has 278 valence electrons. The molecule has 4 aromatic rings. The van der Waals surface area contributed by atoms with E-state index in [4.69, 9.17) is 14.2 Å². The number of aryl methyl sites for hydroxylation is 3. The number of nitrogens with zero attached hydrogens (tertiary/aromatic N) is 3. The minimum Gasteiger partial charge on any atom is -0.475 e. The van der Waals surface area contributed by atoms with Gasteiger partial charge in [-0.15, -0.1) is 0 Å². The summed E-state index contributed by atoms with van der Waals surface area (Å²) < 4.78 is 19.5. The van der Waals surface area contributed by atoms with E-state index in [2.05, 4.69) is 172 Å². The summed E-state index contributed by atoms with van der Waals surface area (Å²) in [6.07, 6.45) is 8.81. The third-order valence-electron chi connectivity index (χ3n) is 10.9. The first-order valence-electron chi connectivity index (χ1n) is 19.0. The van der Waals surface area contributed by atoms with Crippen molar-refractivity contribution in [2.24, 2.45) is 0 Å². The summed E-state index contributed by atoms with van der Waals surface area (Å²) >= 11 is 0. The summed E-state index contributed by atoms with van der Waals surface area (Å²) in [4.78, 5) is 6.97. The smallest absolute Gasteiger partial charge is 0.194 e. The van der Waals surface area contributed by atoms with Crippen molar-refractivity contribution in [1.29, 1.82) is 0 Å². The van der Waals surface area contributed by atoms with Crippen molar-refractivity contribution in [2.45, 2.75) is 72.2 Å². The first kappa shape index (κ1) is 36.7. The van der Waals surface area contributed by atoms with E-state index in [1.807, 2.05) is 13.0 Å². The molecule has 7 rings (SSSR count). The molecule has 3 unspecified atom stereocenters. The van der Waals surface area contributed by atoms with Crippen molar-refractivity contribution in [3.05, 3.63) is 179 Å². The first-order chi connectivity index (χ1) is 26.0. The highest BCUT2D eigenvalue weighted by Crippen LogP contribution is 2.44. The average molecular weight is 720 g/mol. The Balaban J connectivity index is 1.17. The van der Waals surface area contributed by atoms with Crippen LogP contribution in [0.4, 0.5) is 17.1 Å². The minimum absolute atomic E-state index is 0.186. The molecule has 0 radical (unpaired) electrons. The highest BCUT2D eigenvalue weighted by Gasteiger charge is 2.45. The van der Waals surface area contributed by atoms with Crippen molar-refractivity contribution >= 4 is 17.1 Å². The summed E-state index contributed by atoms with van der Waals surface area (Å²) in [6, 6.07) is 32.4. The summed E-state index contributed by atoms with van der Waals surface area (Å²) in [5.74, 6) is 2.87. The second kappa shape index (κ2) is 15.4. The largest absolute Gasteiger partial charge is 0.475 e. The quantitative estimate of drug-likeness (QED) is 0.152. The molecule has 3 heterocycles. The molecule has 6 heteroatoms. The van der Waals surface area contributed by atoms with E-state index in [-0.39, 0.29) is 12.1 Å². The fraction of sp³-hybridized carbons (Fsp3) is 0.292. The SMILES string of the molecule is C=CC1=C(CC2(C)/C(=C\C=C\C(C)c3ccc4c(c3)CN(c3cccc(C)c3)CO4)OCN2c2cccc(C)c2)CN(c2cccc(C)c2)C(C(=C)C)O1. The Kier molecular flexibility index (Phi) is 10.5. The van der Waals surface area contributed by atoms with Crippen LogP contribution in [-0.2, 0) is 16.0 Å². The number of anilines is 3. The molecule has 3 atom stereocenters. The Morgan fingerprint density at radius 1 is 0.852 bits per heavy atom. The molecule has 0 bridgehead atoms. The minimum atomic E-state index is -0.495. The van der Waals surface area contributed by atoms with Crippen LogP contribution in [0.3, 0.4) is 0 Å². The van der Waals surface area contributed by atoms with Crippen LogP contribution in [0.1, 0.15) is 60.9 Å². The van der Waals surface area contributed by atoms with Gasteiger partial charge in [-0.25, -0.2) is 0 Å². The molecule has 0 amide bonds. The summed E-state index contributed by atoms with van der Waals surface area (Å²) in [5.41, 5.74) is 11.1. The van der Waals surface area contributed by atoms with Crippen LogP contribution >= 0.6 is 0 Å². The average Bonchev–Trinajstić information content (AvgIpc) is 3.48.